The molecule has 2 atom stereocenters. The van der Waals surface area contributed by atoms with Gasteiger partial charge in [-0.05, 0) is 77.8 Å². The molecule has 0 unspecified atom stereocenters. The molecule has 3 N–H and O–H groups in total. The maximum absolute atomic E-state index is 13.6. The highest BCUT2D eigenvalue weighted by atomic mass is 16.5. The Hall–Kier alpha value is -4.93. The summed E-state index contributed by atoms with van der Waals surface area (Å²) < 4.78 is 27.9. The molecule has 4 rings (SSSR count). The second kappa shape index (κ2) is 16.3. The number of benzene rings is 2. The van der Waals surface area contributed by atoms with Crippen molar-refractivity contribution in [1.29, 1.82) is 0 Å². The fourth-order valence-corrected chi connectivity index (χ4v) is 6.25. The molecule has 48 heavy (non-hydrogen) atoms. The van der Waals surface area contributed by atoms with Crippen molar-refractivity contribution in [3.8, 4) is 39.9 Å². The van der Waals surface area contributed by atoms with Crippen LogP contribution in [-0.4, -0.2) is 53.9 Å². The van der Waals surface area contributed by atoms with E-state index in [1.807, 2.05) is 44.2 Å². The van der Waals surface area contributed by atoms with Crippen LogP contribution in [-0.2, 0) is 16.0 Å². The molecule has 3 aromatic carbocycles. The Morgan fingerprint density at radius 2 is 1.56 bits per heavy atom. The fraction of sp³-hybridized carbons (Fsp3) is 0.432. The third kappa shape index (κ3) is 7.95. The average molecular weight is 662 g/mol. The van der Waals surface area contributed by atoms with Crippen molar-refractivity contribution in [3.63, 3.8) is 0 Å². The molecule has 0 radical (unpaired) electrons. The van der Waals surface area contributed by atoms with Crippen LogP contribution in [0.2, 0.25) is 0 Å². The smallest absolute Gasteiger partial charge is 0.220 e. The summed E-state index contributed by atoms with van der Waals surface area (Å²) in [6.45, 7) is 5.96. The van der Waals surface area contributed by atoms with Gasteiger partial charge in [-0.15, -0.1) is 0 Å². The quantitative estimate of drug-likeness (QED) is 0.189. The number of ether oxygens (including phenoxy) is 5. The number of rotatable bonds is 14. The summed E-state index contributed by atoms with van der Waals surface area (Å²) >= 11 is 0. The van der Waals surface area contributed by atoms with E-state index >= 15 is 0 Å². The van der Waals surface area contributed by atoms with Gasteiger partial charge >= 0.3 is 0 Å². The Bertz CT molecular complexity index is 1690. The lowest BCUT2D eigenvalue weighted by Gasteiger charge is -2.24. The molecule has 1 aliphatic carbocycles. The molecule has 0 fully saturated rings. The second-order valence-corrected chi connectivity index (χ2v) is 12.0. The number of carbonyl (C=O) groups is 2. The average Bonchev–Trinajstić information content (AvgIpc) is 3.32. The van der Waals surface area contributed by atoms with Crippen molar-refractivity contribution < 1.29 is 33.3 Å². The SMILES string of the molecule is COc1ccc([C@H](NC(=O)CCCNc2ccc3c(cc2=O)[C@@H](NC(C)=O)CCc2cc(OC)c(OC)c(OC)c2-3)C(C)C)cc1OC. The molecule has 0 saturated carbocycles. The highest BCUT2D eigenvalue weighted by Crippen LogP contribution is 2.50. The van der Waals surface area contributed by atoms with Gasteiger partial charge in [0.25, 0.3) is 0 Å². The minimum absolute atomic E-state index is 0.0933. The molecule has 11 heteroatoms. The van der Waals surface area contributed by atoms with Gasteiger partial charge in [0, 0.05) is 25.5 Å². The number of amides is 2. The first-order valence-corrected chi connectivity index (χ1v) is 16.1. The van der Waals surface area contributed by atoms with E-state index in [9.17, 15) is 14.4 Å². The van der Waals surface area contributed by atoms with Gasteiger partial charge < -0.3 is 39.6 Å². The second-order valence-electron chi connectivity index (χ2n) is 12.0. The van der Waals surface area contributed by atoms with E-state index in [1.165, 1.54) is 6.92 Å². The molecule has 0 saturated heterocycles. The maximum atomic E-state index is 13.6. The molecular formula is C37H47N3O8. The van der Waals surface area contributed by atoms with Crippen LogP contribution in [0.3, 0.4) is 0 Å². The third-order valence-electron chi connectivity index (χ3n) is 8.56. The zero-order valence-corrected chi connectivity index (χ0v) is 29.1. The lowest BCUT2D eigenvalue weighted by atomic mass is 9.95. The summed E-state index contributed by atoms with van der Waals surface area (Å²) in [5, 5.41) is 9.39. The molecule has 0 spiro atoms. The topological polar surface area (TPSA) is 133 Å². The van der Waals surface area contributed by atoms with E-state index in [0.717, 1.165) is 22.3 Å². The lowest BCUT2D eigenvalue weighted by molar-refractivity contribution is -0.122. The highest BCUT2D eigenvalue weighted by molar-refractivity contribution is 5.84. The van der Waals surface area contributed by atoms with Crippen LogP contribution in [0.15, 0.2) is 47.3 Å². The molecule has 0 bridgehead atoms. The summed E-state index contributed by atoms with van der Waals surface area (Å²) in [5.74, 6) is 2.54. The molecule has 0 heterocycles. The predicted octanol–water partition coefficient (Wildman–Crippen LogP) is 5.59. The minimum Gasteiger partial charge on any atom is -0.493 e. The number of hydrogen-bond acceptors (Lipinski definition) is 9. The molecule has 0 aliphatic heterocycles. The van der Waals surface area contributed by atoms with Crippen molar-refractivity contribution in [2.75, 3.05) is 47.4 Å². The number of nitrogens with one attached hydrogen (secondary N) is 3. The van der Waals surface area contributed by atoms with E-state index in [1.54, 1.807) is 47.7 Å². The standard InChI is InChI=1S/C37H47N3O8/c1-21(2)35(24-12-16-30(44-4)31(19-24)45-5)40-33(43)10-9-17-38-28-15-13-25-26(20-29(28)42)27(39-22(3)41)14-11-23-18-32(46-6)36(47-7)37(48-8)34(23)25/h12-13,15-16,18-21,27,35H,9-11,14,17H2,1-8H3,(H,38,42)(H,39,41)(H,40,43)/t27-,35+/m0/s1. The van der Waals surface area contributed by atoms with Crippen molar-refractivity contribution >= 4 is 17.5 Å². The molecule has 3 aromatic rings. The van der Waals surface area contributed by atoms with E-state index in [4.69, 9.17) is 23.7 Å². The van der Waals surface area contributed by atoms with Gasteiger partial charge in [-0.3, -0.25) is 14.4 Å². The lowest BCUT2D eigenvalue weighted by Crippen LogP contribution is -2.32. The Morgan fingerprint density at radius 1 is 0.854 bits per heavy atom. The zero-order valence-electron chi connectivity index (χ0n) is 29.1. The van der Waals surface area contributed by atoms with E-state index in [2.05, 4.69) is 16.0 Å². The van der Waals surface area contributed by atoms with Crippen molar-refractivity contribution in [2.45, 2.75) is 58.5 Å². The van der Waals surface area contributed by atoms with Gasteiger partial charge in [-0.25, -0.2) is 0 Å². The van der Waals surface area contributed by atoms with Crippen LogP contribution in [0.1, 0.15) is 68.8 Å². The highest BCUT2D eigenvalue weighted by Gasteiger charge is 2.29. The van der Waals surface area contributed by atoms with Crippen LogP contribution >= 0.6 is 0 Å². The molecule has 0 aromatic heterocycles. The normalized spacial score (nSPS) is 14.1. The first-order chi connectivity index (χ1) is 23.1. The first kappa shape index (κ1) is 35.9. The fourth-order valence-electron chi connectivity index (χ4n) is 6.25. The summed E-state index contributed by atoms with van der Waals surface area (Å²) in [4.78, 5) is 38.8. The zero-order chi connectivity index (χ0) is 35.0. The van der Waals surface area contributed by atoms with Crippen LogP contribution in [0, 0.1) is 5.92 Å². The number of methoxy groups -OCH3 is 5. The Labute approximate surface area is 282 Å². The number of hydrogen-bond donors (Lipinski definition) is 3. The maximum Gasteiger partial charge on any atom is 0.220 e. The van der Waals surface area contributed by atoms with Crippen molar-refractivity contribution in [2.24, 2.45) is 5.92 Å². The van der Waals surface area contributed by atoms with E-state index in [-0.39, 0.29) is 35.6 Å². The van der Waals surface area contributed by atoms with Gasteiger partial charge in [0.05, 0.1) is 53.3 Å². The monoisotopic (exact) mass is 661 g/mol. The first-order valence-electron chi connectivity index (χ1n) is 16.1. The Kier molecular flexibility index (Phi) is 12.2. The Morgan fingerprint density at radius 3 is 2.19 bits per heavy atom. The van der Waals surface area contributed by atoms with Crippen molar-refractivity contribution in [1.82, 2.24) is 10.6 Å². The number of aryl methyl sites for hydroxylation is 1. The molecule has 1 aliphatic rings. The summed E-state index contributed by atoms with van der Waals surface area (Å²) in [6.07, 6.45) is 1.95. The van der Waals surface area contributed by atoms with Crippen molar-refractivity contribution in [3.05, 3.63) is 69.4 Å². The van der Waals surface area contributed by atoms with E-state index in [0.29, 0.717) is 65.8 Å². The Balaban J connectivity index is 1.56. The van der Waals surface area contributed by atoms with Gasteiger partial charge in [0.1, 0.15) is 0 Å². The minimum atomic E-state index is -0.400. The van der Waals surface area contributed by atoms with Gasteiger partial charge in [-0.1, -0.05) is 26.0 Å². The molecule has 2 amide bonds. The van der Waals surface area contributed by atoms with Crippen LogP contribution in [0.25, 0.3) is 11.1 Å². The molecule has 258 valence electrons. The number of carbonyl (C=O) groups excluding carboxylic acids is 2. The van der Waals surface area contributed by atoms with Gasteiger partial charge in [0.15, 0.2) is 23.0 Å². The third-order valence-corrected chi connectivity index (χ3v) is 8.56. The summed E-state index contributed by atoms with van der Waals surface area (Å²) in [5.41, 5.74) is 4.24. The van der Waals surface area contributed by atoms with Crippen LogP contribution in [0.4, 0.5) is 5.69 Å². The van der Waals surface area contributed by atoms with Crippen LogP contribution in [0.5, 0.6) is 28.7 Å². The number of anilines is 1. The van der Waals surface area contributed by atoms with Gasteiger partial charge in [0.2, 0.25) is 23.0 Å². The van der Waals surface area contributed by atoms with Crippen LogP contribution < -0.4 is 45.1 Å². The molecular weight excluding hydrogens is 614 g/mol. The molecule has 11 nitrogen and oxygen atoms in total. The summed E-state index contributed by atoms with van der Waals surface area (Å²) in [7, 11) is 7.85. The largest absolute Gasteiger partial charge is 0.493 e. The van der Waals surface area contributed by atoms with E-state index < -0.39 is 6.04 Å². The van der Waals surface area contributed by atoms with Gasteiger partial charge in [-0.2, -0.15) is 0 Å². The number of fused-ring (bicyclic) bond motifs is 3. The predicted molar refractivity (Wildman–Crippen MR) is 186 cm³/mol. The summed E-state index contributed by atoms with van der Waals surface area (Å²) in [6, 6.07) is 12.1.